The van der Waals surface area contributed by atoms with Crippen molar-refractivity contribution in [3.05, 3.63) is 6.33 Å². The van der Waals surface area contributed by atoms with E-state index in [2.05, 4.69) is 19.9 Å². The van der Waals surface area contributed by atoms with Gasteiger partial charge in [-0.15, -0.1) is 0 Å². The first kappa shape index (κ1) is 7.78. The van der Waals surface area contributed by atoms with Gasteiger partial charge in [-0.2, -0.15) is 9.97 Å². The van der Waals surface area contributed by atoms with E-state index in [9.17, 15) is 0 Å². The van der Waals surface area contributed by atoms with Crippen molar-refractivity contribution in [2.75, 3.05) is 14.2 Å². The fourth-order valence-electron chi connectivity index (χ4n) is 1.03. The van der Waals surface area contributed by atoms with E-state index in [0.29, 0.717) is 17.0 Å². The lowest BCUT2D eigenvalue weighted by molar-refractivity contribution is 0.356. The Bertz CT molecular complexity index is 425. The average molecular weight is 180 g/mol. The Kier molecular flexibility index (Phi) is 1.73. The van der Waals surface area contributed by atoms with Gasteiger partial charge in [0.2, 0.25) is 5.88 Å². The average Bonchev–Trinajstić information content (AvgIpc) is 2.63. The van der Waals surface area contributed by atoms with Gasteiger partial charge < -0.3 is 14.5 Å². The zero-order chi connectivity index (χ0) is 9.26. The number of ether oxygens (including phenoxy) is 2. The molecule has 0 aliphatic heterocycles. The Balaban J connectivity index is 2.70. The highest BCUT2D eigenvalue weighted by molar-refractivity contribution is 5.75. The molecular formula is C7H8N4O2. The van der Waals surface area contributed by atoms with Crippen molar-refractivity contribution < 1.29 is 9.47 Å². The maximum Gasteiger partial charge on any atom is 0.321 e. The van der Waals surface area contributed by atoms with Crippen LogP contribution in [0.4, 0.5) is 0 Å². The van der Waals surface area contributed by atoms with Crippen LogP contribution in [0.2, 0.25) is 0 Å². The molecule has 0 bridgehead atoms. The van der Waals surface area contributed by atoms with Crippen molar-refractivity contribution in [2.45, 2.75) is 0 Å². The summed E-state index contributed by atoms with van der Waals surface area (Å²) in [6.45, 7) is 0. The molecule has 0 aromatic carbocycles. The number of imidazole rings is 1. The predicted molar refractivity (Wildman–Crippen MR) is 44.8 cm³/mol. The van der Waals surface area contributed by atoms with Crippen molar-refractivity contribution in [3.63, 3.8) is 0 Å². The van der Waals surface area contributed by atoms with E-state index < -0.39 is 0 Å². The van der Waals surface area contributed by atoms with Crippen LogP contribution in [0.15, 0.2) is 6.33 Å². The number of rotatable bonds is 2. The van der Waals surface area contributed by atoms with Crippen molar-refractivity contribution in [1.29, 1.82) is 0 Å². The molecule has 2 rings (SSSR count). The number of nitrogens with one attached hydrogen (secondary N) is 1. The molecule has 2 aromatic rings. The van der Waals surface area contributed by atoms with Crippen LogP contribution in [0.25, 0.3) is 11.2 Å². The third-order valence-corrected chi connectivity index (χ3v) is 1.61. The molecule has 0 atom stereocenters. The van der Waals surface area contributed by atoms with Crippen LogP contribution >= 0.6 is 0 Å². The summed E-state index contributed by atoms with van der Waals surface area (Å²) in [7, 11) is 3.02. The van der Waals surface area contributed by atoms with Gasteiger partial charge in [-0.3, -0.25) is 0 Å². The molecule has 6 nitrogen and oxygen atoms in total. The monoisotopic (exact) mass is 180 g/mol. The van der Waals surface area contributed by atoms with Gasteiger partial charge in [-0.25, -0.2) is 4.98 Å². The standard InChI is InChI=1S/C7H8N4O2/c1-12-6-4-5(9-3-8-4)10-7(11-6)13-2/h3H,1-2H3,(H,8,9,10,11). The highest BCUT2D eigenvalue weighted by atomic mass is 16.5. The number of hydrogen-bond acceptors (Lipinski definition) is 5. The van der Waals surface area contributed by atoms with E-state index in [1.165, 1.54) is 20.5 Å². The van der Waals surface area contributed by atoms with Crippen LogP contribution in [0.1, 0.15) is 0 Å². The Morgan fingerprint density at radius 3 is 2.77 bits per heavy atom. The molecular weight excluding hydrogens is 172 g/mol. The quantitative estimate of drug-likeness (QED) is 0.722. The third kappa shape index (κ3) is 1.16. The molecule has 0 fully saturated rings. The van der Waals surface area contributed by atoms with Crippen LogP contribution < -0.4 is 9.47 Å². The summed E-state index contributed by atoms with van der Waals surface area (Å²) in [6.07, 6.45) is 1.53. The molecule has 0 saturated carbocycles. The predicted octanol–water partition coefficient (Wildman–Crippen LogP) is 0.370. The van der Waals surface area contributed by atoms with Gasteiger partial charge in [0.15, 0.2) is 5.65 Å². The maximum absolute atomic E-state index is 5.03. The van der Waals surface area contributed by atoms with Gasteiger partial charge in [-0.05, 0) is 0 Å². The van der Waals surface area contributed by atoms with E-state index >= 15 is 0 Å². The molecule has 68 valence electrons. The van der Waals surface area contributed by atoms with Crippen LogP contribution in [0.3, 0.4) is 0 Å². The van der Waals surface area contributed by atoms with Crippen molar-refractivity contribution in [3.8, 4) is 11.9 Å². The Hall–Kier alpha value is -1.85. The molecule has 6 heteroatoms. The normalized spacial score (nSPS) is 10.3. The van der Waals surface area contributed by atoms with Gasteiger partial charge in [0.25, 0.3) is 0 Å². The molecule has 2 aromatic heterocycles. The number of H-pyrrole nitrogens is 1. The van der Waals surface area contributed by atoms with E-state index in [0.717, 1.165) is 0 Å². The first-order chi connectivity index (χ1) is 6.35. The molecule has 0 unspecified atom stereocenters. The van der Waals surface area contributed by atoms with Crippen molar-refractivity contribution >= 4 is 11.2 Å². The first-order valence-electron chi connectivity index (χ1n) is 3.64. The second-order valence-corrected chi connectivity index (χ2v) is 2.32. The minimum absolute atomic E-state index is 0.247. The van der Waals surface area contributed by atoms with Crippen LogP contribution in [-0.2, 0) is 0 Å². The summed E-state index contributed by atoms with van der Waals surface area (Å²) in [6, 6.07) is 0.247. The van der Waals surface area contributed by atoms with Gasteiger partial charge in [0, 0.05) is 0 Å². The molecule has 13 heavy (non-hydrogen) atoms. The molecule has 2 heterocycles. The molecule has 0 aliphatic carbocycles. The molecule has 0 spiro atoms. The van der Waals surface area contributed by atoms with Crippen LogP contribution in [0.5, 0.6) is 11.9 Å². The Morgan fingerprint density at radius 1 is 1.23 bits per heavy atom. The number of methoxy groups -OCH3 is 2. The number of aromatic nitrogens is 4. The van der Waals surface area contributed by atoms with E-state index in [-0.39, 0.29) is 6.01 Å². The third-order valence-electron chi connectivity index (χ3n) is 1.61. The molecule has 0 amide bonds. The van der Waals surface area contributed by atoms with Gasteiger partial charge in [0.05, 0.1) is 20.5 Å². The molecule has 1 N–H and O–H groups in total. The van der Waals surface area contributed by atoms with Crippen LogP contribution in [-0.4, -0.2) is 34.2 Å². The van der Waals surface area contributed by atoms with Gasteiger partial charge in [0.1, 0.15) is 5.52 Å². The van der Waals surface area contributed by atoms with Crippen molar-refractivity contribution in [1.82, 2.24) is 19.9 Å². The number of nitrogens with zero attached hydrogens (tertiary/aromatic N) is 3. The number of aromatic amines is 1. The van der Waals surface area contributed by atoms with Crippen molar-refractivity contribution in [2.24, 2.45) is 0 Å². The second-order valence-electron chi connectivity index (χ2n) is 2.32. The zero-order valence-corrected chi connectivity index (χ0v) is 7.24. The highest BCUT2D eigenvalue weighted by Gasteiger charge is 2.09. The lowest BCUT2D eigenvalue weighted by Crippen LogP contribution is -1.96. The van der Waals surface area contributed by atoms with Gasteiger partial charge in [-0.1, -0.05) is 0 Å². The summed E-state index contributed by atoms with van der Waals surface area (Å²) in [5.74, 6) is 0.430. The van der Waals surface area contributed by atoms with E-state index in [1.54, 1.807) is 0 Å². The smallest absolute Gasteiger partial charge is 0.321 e. The first-order valence-corrected chi connectivity index (χ1v) is 3.64. The lowest BCUT2D eigenvalue weighted by atomic mass is 10.5. The summed E-state index contributed by atoms with van der Waals surface area (Å²) in [5.41, 5.74) is 1.20. The zero-order valence-electron chi connectivity index (χ0n) is 7.24. The molecule has 0 aliphatic rings. The topological polar surface area (TPSA) is 72.9 Å². The minimum Gasteiger partial charge on any atom is -0.479 e. The second kappa shape index (κ2) is 2.89. The van der Waals surface area contributed by atoms with E-state index in [4.69, 9.17) is 9.47 Å². The largest absolute Gasteiger partial charge is 0.479 e. The minimum atomic E-state index is 0.247. The Labute approximate surface area is 73.9 Å². The maximum atomic E-state index is 5.03. The number of fused-ring (bicyclic) bond motifs is 1. The summed E-state index contributed by atoms with van der Waals surface area (Å²) in [4.78, 5) is 14.8. The fourth-order valence-corrected chi connectivity index (χ4v) is 1.03. The molecule has 0 radical (unpaired) electrons. The number of hydrogen-bond donors (Lipinski definition) is 1. The fraction of sp³-hybridized carbons (Fsp3) is 0.286. The van der Waals surface area contributed by atoms with Crippen LogP contribution in [0, 0.1) is 0 Å². The molecule has 0 saturated heterocycles. The Morgan fingerprint density at radius 2 is 2.08 bits per heavy atom. The van der Waals surface area contributed by atoms with Gasteiger partial charge >= 0.3 is 6.01 Å². The SMILES string of the molecule is COc1nc(OC)c2[nH]cnc2n1. The lowest BCUT2D eigenvalue weighted by Gasteiger charge is -2.01. The summed E-state index contributed by atoms with van der Waals surface area (Å²) >= 11 is 0. The summed E-state index contributed by atoms with van der Waals surface area (Å²) in [5, 5.41) is 0. The van der Waals surface area contributed by atoms with E-state index in [1.807, 2.05) is 0 Å². The summed E-state index contributed by atoms with van der Waals surface area (Å²) < 4.78 is 9.90. The highest BCUT2D eigenvalue weighted by Crippen LogP contribution is 2.20.